The van der Waals surface area contributed by atoms with E-state index >= 15 is 0 Å². The number of hydrogen-bond donors (Lipinski definition) is 1. The van der Waals surface area contributed by atoms with Crippen molar-refractivity contribution < 1.29 is 0 Å². The van der Waals surface area contributed by atoms with E-state index in [1.807, 2.05) is 19.3 Å². The smallest absolute Gasteiger partial charge is 0.130 e. The zero-order valence-corrected chi connectivity index (χ0v) is 11.0. The van der Waals surface area contributed by atoms with Gasteiger partial charge in [-0.1, -0.05) is 6.07 Å². The first-order chi connectivity index (χ1) is 8.29. The van der Waals surface area contributed by atoms with E-state index in [0.29, 0.717) is 0 Å². The van der Waals surface area contributed by atoms with Crippen LogP contribution in [0.15, 0.2) is 35.2 Å². The zero-order valence-electron chi connectivity index (χ0n) is 10.2. The van der Waals surface area contributed by atoms with E-state index in [1.165, 1.54) is 11.1 Å². The highest BCUT2D eigenvalue weighted by molar-refractivity contribution is 7.07. The molecule has 0 spiro atoms. The normalized spacial score (nSPS) is 10.8. The number of aromatic nitrogens is 1. The van der Waals surface area contributed by atoms with Crippen LogP contribution in [-0.4, -0.2) is 24.0 Å². The molecule has 0 amide bonds. The van der Waals surface area contributed by atoms with Gasteiger partial charge in [0.25, 0.3) is 0 Å². The number of thiophene rings is 1. The summed E-state index contributed by atoms with van der Waals surface area (Å²) in [5, 5.41) is 7.43. The largest absolute Gasteiger partial charge is 0.373 e. The minimum Gasteiger partial charge on any atom is -0.373 e. The molecule has 3 nitrogen and oxygen atoms in total. The quantitative estimate of drug-likeness (QED) is 0.880. The predicted octanol–water partition coefficient (Wildman–Crippen LogP) is 2.82. The van der Waals surface area contributed by atoms with Crippen LogP contribution in [0.5, 0.6) is 0 Å². The second kappa shape index (κ2) is 5.80. The number of rotatable bonds is 5. The van der Waals surface area contributed by atoms with Crippen molar-refractivity contribution in [2.24, 2.45) is 0 Å². The van der Waals surface area contributed by atoms with E-state index in [2.05, 4.69) is 45.1 Å². The number of nitrogens with zero attached hydrogens (tertiary/aromatic N) is 2. The molecule has 0 bridgehead atoms. The number of hydrogen-bond acceptors (Lipinski definition) is 4. The Kier molecular flexibility index (Phi) is 4.12. The molecule has 2 aromatic heterocycles. The van der Waals surface area contributed by atoms with Crippen molar-refractivity contribution in [3.05, 3.63) is 46.3 Å². The van der Waals surface area contributed by atoms with Crippen molar-refractivity contribution in [2.45, 2.75) is 13.1 Å². The van der Waals surface area contributed by atoms with Crippen LogP contribution in [0, 0.1) is 0 Å². The van der Waals surface area contributed by atoms with Crippen molar-refractivity contribution >= 4 is 17.2 Å². The molecule has 0 atom stereocenters. The third-order valence-electron chi connectivity index (χ3n) is 2.60. The summed E-state index contributed by atoms with van der Waals surface area (Å²) >= 11 is 1.74. The van der Waals surface area contributed by atoms with E-state index in [4.69, 9.17) is 0 Å². The number of nitrogens with one attached hydrogen (secondary N) is 1. The zero-order chi connectivity index (χ0) is 12.1. The molecule has 0 aliphatic carbocycles. The molecule has 4 heteroatoms. The van der Waals surface area contributed by atoms with E-state index in [0.717, 1.165) is 18.9 Å². The standard InChI is InChI=1S/C13H17N3S/c1-14-13-12(4-3-6-15-13)9-16(2)8-11-5-7-17-10-11/h3-7,10H,8-9H2,1-2H3,(H,14,15). The maximum absolute atomic E-state index is 4.31. The van der Waals surface area contributed by atoms with Gasteiger partial charge in [0, 0.05) is 31.9 Å². The fraction of sp³-hybridized carbons (Fsp3) is 0.308. The van der Waals surface area contributed by atoms with Crippen LogP contribution in [0.25, 0.3) is 0 Å². The third-order valence-corrected chi connectivity index (χ3v) is 3.33. The molecule has 0 unspecified atom stereocenters. The van der Waals surface area contributed by atoms with Gasteiger partial charge < -0.3 is 5.32 Å². The molecule has 1 N–H and O–H groups in total. The molecule has 0 radical (unpaired) electrons. The van der Waals surface area contributed by atoms with Gasteiger partial charge in [0.15, 0.2) is 0 Å². The Bertz CT molecular complexity index is 453. The minimum absolute atomic E-state index is 0.903. The Morgan fingerprint density at radius 3 is 2.94 bits per heavy atom. The predicted molar refractivity (Wildman–Crippen MR) is 73.3 cm³/mol. The molecule has 2 heterocycles. The second-order valence-corrected chi connectivity index (χ2v) is 4.85. The second-order valence-electron chi connectivity index (χ2n) is 4.07. The summed E-state index contributed by atoms with van der Waals surface area (Å²) in [5.74, 6) is 0.963. The molecule has 2 aromatic rings. The molecule has 90 valence electrons. The summed E-state index contributed by atoms with van der Waals surface area (Å²) in [6.45, 7) is 1.88. The molecule has 0 fully saturated rings. The Hall–Kier alpha value is -1.39. The van der Waals surface area contributed by atoms with Gasteiger partial charge in [-0.3, -0.25) is 4.90 Å². The van der Waals surface area contributed by atoms with E-state index < -0.39 is 0 Å². The summed E-state index contributed by atoms with van der Waals surface area (Å²) in [6, 6.07) is 6.26. The average molecular weight is 247 g/mol. The van der Waals surface area contributed by atoms with E-state index in [1.54, 1.807) is 11.3 Å². The maximum atomic E-state index is 4.31. The summed E-state index contributed by atoms with van der Waals surface area (Å²) in [6.07, 6.45) is 1.81. The van der Waals surface area contributed by atoms with Crippen molar-refractivity contribution in [3.8, 4) is 0 Å². The lowest BCUT2D eigenvalue weighted by molar-refractivity contribution is 0.319. The molecule has 0 saturated carbocycles. The van der Waals surface area contributed by atoms with Crippen molar-refractivity contribution in [3.63, 3.8) is 0 Å². The van der Waals surface area contributed by atoms with Crippen LogP contribution in [0.3, 0.4) is 0 Å². The van der Waals surface area contributed by atoms with Crippen LogP contribution >= 0.6 is 11.3 Å². The monoisotopic (exact) mass is 247 g/mol. The van der Waals surface area contributed by atoms with Crippen LogP contribution in [0.4, 0.5) is 5.82 Å². The Morgan fingerprint density at radius 1 is 1.35 bits per heavy atom. The average Bonchev–Trinajstić information content (AvgIpc) is 2.82. The lowest BCUT2D eigenvalue weighted by atomic mass is 10.2. The molecular formula is C13H17N3S. The minimum atomic E-state index is 0.903. The number of anilines is 1. The molecule has 0 saturated heterocycles. The Balaban J connectivity index is 2.00. The molecule has 0 aliphatic rings. The first kappa shape index (κ1) is 12.1. The molecule has 2 rings (SSSR count). The van der Waals surface area contributed by atoms with Crippen LogP contribution in [0.2, 0.25) is 0 Å². The fourth-order valence-corrected chi connectivity index (χ4v) is 2.49. The summed E-state index contributed by atoms with van der Waals surface area (Å²) in [5.41, 5.74) is 2.60. The van der Waals surface area contributed by atoms with Gasteiger partial charge in [-0.25, -0.2) is 4.98 Å². The first-order valence-corrected chi connectivity index (χ1v) is 6.55. The molecule has 0 aliphatic heterocycles. The lowest BCUT2D eigenvalue weighted by Crippen LogP contribution is -2.17. The summed E-state index contributed by atoms with van der Waals surface area (Å²) in [7, 11) is 4.04. The van der Waals surface area contributed by atoms with Gasteiger partial charge in [-0.05, 0) is 35.5 Å². The molecule has 17 heavy (non-hydrogen) atoms. The first-order valence-electron chi connectivity index (χ1n) is 5.61. The van der Waals surface area contributed by atoms with Gasteiger partial charge in [0.1, 0.15) is 5.82 Å². The van der Waals surface area contributed by atoms with Gasteiger partial charge in [-0.15, -0.1) is 0 Å². The van der Waals surface area contributed by atoms with E-state index in [-0.39, 0.29) is 0 Å². The van der Waals surface area contributed by atoms with E-state index in [9.17, 15) is 0 Å². The lowest BCUT2D eigenvalue weighted by Gasteiger charge is -2.17. The highest BCUT2D eigenvalue weighted by Gasteiger charge is 2.06. The van der Waals surface area contributed by atoms with Crippen LogP contribution < -0.4 is 5.32 Å². The number of pyridine rings is 1. The molecule has 0 aromatic carbocycles. The fourth-order valence-electron chi connectivity index (χ4n) is 1.83. The maximum Gasteiger partial charge on any atom is 0.130 e. The van der Waals surface area contributed by atoms with Crippen molar-refractivity contribution in [1.29, 1.82) is 0 Å². The van der Waals surface area contributed by atoms with Crippen molar-refractivity contribution in [2.75, 3.05) is 19.4 Å². The van der Waals surface area contributed by atoms with Gasteiger partial charge in [0.2, 0.25) is 0 Å². The summed E-state index contributed by atoms with van der Waals surface area (Å²) in [4.78, 5) is 6.60. The third kappa shape index (κ3) is 3.28. The van der Waals surface area contributed by atoms with Gasteiger partial charge in [-0.2, -0.15) is 11.3 Å². The highest BCUT2D eigenvalue weighted by Crippen LogP contribution is 2.15. The van der Waals surface area contributed by atoms with Gasteiger partial charge in [0.05, 0.1) is 0 Å². The summed E-state index contributed by atoms with van der Waals surface area (Å²) < 4.78 is 0. The SMILES string of the molecule is CNc1ncccc1CN(C)Cc1ccsc1. The van der Waals surface area contributed by atoms with Gasteiger partial charge >= 0.3 is 0 Å². The van der Waals surface area contributed by atoms with Crippen molar-refractivity contribution in [1.82, 2.24) is 9.88 Å². The van der Waals surface area contributed by atoms with Crippen LogP contribution in [0.1, 0.15) is 11.1 Å². The topological polar surface area (TPSA) is 28.2 Å². The molecular weight excluding hydrogens is 230 g/mol. The van der Waals surface area contributed by atoms with Crippen LogP contribution in [-0.2, 0) is 13.1 Å². The Morgan fingerprint density at radius 2 is 2.24 bits per heavy atom. The Labute approximate surface area is 106 Å². The highest BCUT2D eigenvalue weighted by atomic mass is 32.1.